The molecule has 0 radical (unpaired) electrons. The maximum absolute atomic E-state index is 11.2. The van der Waals surface area contributed by atoms with Crippen molar-refractivity contribution in [2.75, 3.05) is 26.3 Å². The summed E-state index contributed by atoms with van der Waals surface area (Å²) in [4.78, 5) is 13.4. The van der Waals surface area contributed by atoms with Crippen molar-refractivity contribution >= 4 is 5.91 Å². The third-order valence-corrected chi connectivity index (χ3v) is 3.56. The highest BCUT2D eigenvalue weighted by atomic mass is 16.7. The smallest absolute Gasteiger partial charge is 0.231 e. The lowest BCUT2D eigenvalue weighted by Gasteiger charge is -2.29. The molecule has 1 saturated carbocycles. The normalized spacial score (nSPS) is 16.6. The molecule has 0 heterocycles. The average Bonchev–Trinajstić information content (AvgIpc) is 2.88. The van der Waals surface area contributed by atoms with E-state index in [0.29, 0.717) is 25.8 Å². The molecule has 0 atom stereocenters. The van der Waals surface area contributed by atoms with Gasteiger partial charge >= 0.3 is 0 Å². The number of primary amides is 1. The molecular weight excluding hydrogens is 244 g/mol. The molecule has 0 aromatic rings. The molecule has 1 aliphatic carbocycles. The average molecular weight is 272 g/mol. The molecule has 1 fully saturated rings. The number of amides is 1. The van der Waals surface area contributed by atoms with E-state index in [2.05, 4.69) is 4.90 Å². The first-order valence-electron chi connectivity index (χ1n) is 7.42. The first kappa shape index (κ1) is 16.4. The van der Waals surface area contributed by atoms with Crippen LogP contribution in [-0.4, -0.2) is 49.4 Å². The third kappa shape index (κ3) is 6.36. The van der Waals surface area contributed by atoms with Gasteiger partial charge in [0.25, 0.3) is 0 Å². The summed E-state index contributed by atoms with van der Waals surface area (Å²) >= 11 is 0. The van der Waals surface area contributed by atoms with Crippen LogP contribution in [0.3, 0.4) is 0 Å². The Bertz CT molecular complexity index is 249. The highest BCUT2D eigenvalue weighted by Gasteiger charge is 2.24. The molecule has 19 heavy (non-hydrogen) atoms. The zero-order chi connectivity index (χ0) is 14.1. The van der Waals surface area contributed by atoms with Gasteiger partial charge in [-0.2, -0.15) is 0 Å². The van der Waals surface area contributed by atoms with E-state index >= 15 is 0 Å². The van der Waals surface area contributed by atoms with E-state index in [1.165, 1.54) is 25.7 Å². The molecule has 5 heteroatoms. The van der Waals surface area contributed by atoms with E-state index in [-0.39, 0.29) is 12.2 Å². The van der Waals surface area contributed by atoms with Crippen molar-refractivity contribution in [2.24, 2.45) is 5.73 Å². The minimum Gasteiger partial charge on any atom is -0.369 e. The summed E-state index contributed by atoms with van der Waals surface area (Å²) in [5.41, 5.74) is 5.34. The number of carbonyl (C=O) groups is 1. The van der Waals surface area contributed by atoms with Gasteiger partial charge in [-0.25, -0.2) is 0 Å². The number of hydrogen-bond donors (Lipinski definition) is 1. The van der Waals surface area contributed by atoms with Crippen LogP contribution >= 0.6 is 0 Å². The number of carbonyl (C=O) groups excluding carboxylic acids is 1. The van der Waals surface area contributed by atoms with Crippen LogP contribution in [0, 0.1) is 0 Å². The van der Waals surface area contributed by atoms with E-state index in [0.717, 1.165) is 13.0 Å². The van der Waals surface area contributed by atoms with Gasteiger partial charge in [-0.05, 0) is 26.7 Å². The maximum Gasteiger partial charge on any atom is 0.231 e. The van der Waals surface area contributed by atoms with Crippen LogP contribution in [0.25, 0.3) is 0 Å². The number of hydrogen-bond acceptors (Lipinski definition) is 4. The van der Waals surface area contributed by atoms with Gasteiger partial charge in [0.15, 0.2) is 6.29 Å². The molecule has 0 spiro atoms. The van der Waals surface area contributed by atoms with Gasteiger partial charge in [-0.1, -0.05) is 12.8 Å². The molecule has 2 N–H and O–H groups in total. The second kappa shape index (κ2) is 9.28. The molecule has 0 aromatic heterocycles. The van der Waals surface area contributed by atoms with E-state index < -0.39 is 0 Å². The van der Waals surface area contributed by atoms with Crippen molar-refractivity contribution in [1.29, 1.82) is 0 Å². The van der Waals surface area contributed by atoms with E-state index in [1.54, 1.807) is 0 Å². The minimum absolute atomic E-state index is 0.174. The molecule has 5 nitrogen and oxygen atoms in total. The molecule has 0 bridgehead atoms. The summed E-state index contributed by atoms with van der Waals surface area (Å²) in [6, 6.07) is 0.497. The monoisotopic (exact) mass is 272 g/mol. The number of nitrogens with zero attached hydrogens (tertiary/aromatic N) is 1. The fourth-order valence-electron chi connectivity index (χ4n) is 2.72. The van der Waals surface area contributed by atoms with Crippen molar-refractivity contribution in [3.63, 3.8) is 0 Å². The topological polar surface area (TPSA) is 64.8 Å². The SMILES string of the molecule is CCOC(CCN(CC(N)=O)C1CCCC1)OCC. The first-order valence-corrected chi connectivity index (χ1v) is 7.42. The standard InChI is InChI=1S/C14H28N2O3/c1-3-18-14(19-4-2)9-10-16(11-13(15)17)12-7-5-6-8-12/h12,14H,3-11H2,1-2H3,(H2,15,17). The minimum atomic E-state index is -0.253. The van der Waals surface area contributed by atoms with Crippen molar-refractivity contribution in [2.45, 2.75) is 58.3 Å². The highest BCUT2D eigenvalue weighted by molar-refractivity contribution is 5.75. The van der Waals surface area contributed by atoms with Gasteiger partial charge in [0.2, 0.25) is 5.91 Å². The third-order valence-electron chi connectivity index (χ3n) is 3.56. The summed E-state index contributed by atoms with van der Waals surface area (Å²) in [5, 5.41) is 0. The van der Waals surface area contributed by atoms with Crippen LogP contribution in [0.5, 0.6) is 0 Å². The zero-order valence-electron chi connectivity index (χ0n) is 12.3. The predicted molar refractivity (Wildman–Crippen MR) is 74.7 cm³/mol. The summed E-state index contributed by atoms with van der Waals surface area (Å²) in [6.07, 6.45) is 5.45. The second-order valence-corrected chi connectivity index (χ2v) is 5.00. The summed E-state index contributed by atoms with van der Waals surface area (Å²) in [6.45, 7) is 6.36. The number of rotatable bonds is 10. The Balaban J connectivity index is 2.43. The Morgan fingerprint density at radius 3 is 2.32 bits per heavy atom. The molecule has 0 saturated heterocycles. The molecular formula is C14H28N2O3. The number of nitrogens with two attached hydrogens (primary N) is 1. The Morgan fingerprint density at radius 1 is 1.26 bits per heavy atom. The molecule has 0 unspecified atom stereocenters. The van der Waals surface area contributed by atoms with Crippen molar-refractivity contribution < 1.29 is 14.3 Å². The van der Waals surface area contributed by atoms with Crippen LogP contribution < -0.4 is 5.73 Å². The maximum atomic E-state index is 11.2. The first-order chi connectivity index (χ1) is 9.17. The molecule has 112 valence electrons. The molecule has 1 aliphatic rings. The Kier molecular flexibility index (Phi) is 8.02. The van der Waals surface area contributed by atoms with Crippen LogP contribution in [0.1, 0.15) is 46.0 Å². The van der Waals surface area contributed by atoms with Crippen molar-refractivity contribution in [1.82, 2.24) is 4.90 Å². The van der Waals surface area contributed by atoms with Gasteiger partial charge in [0.1, 0.15) is 0 Å². The fraction of sp³-hybridized carbons (Fsp3) is 0.929. The zero-order valence-corrected chi connectivity index (χ0v) is 12.3. The van der Waals surface area contributed by atoms with Gasteiger partial charge < -0.3 is 15.2 Å². The second-order valence-electron chi connectivity index (χ2n) is 5.00. The lowest BCUT2D eigenvalue weighted by molar-refractivity contribution is -0.143. The van der Waals surface area contributed by atoms with E-state index in [1.807, 2.05) is 13.8 Å². The molecule has 0 aliphatic heterocycles. The van der Waals surface area contributed by atoms with E-state index in [4.69, 9.17) is 15.2 Å². The summed E-state index contributed by atoms with van der Waals surface area (Å²) in [5.74, 6) is -0.253. The summed E-state index contributed by atoms with van der Waals surface area (Å²) < 4.78 is 11.1. The highest BCUT2D eigenvalue weighted by Crippen LogP contribution is 2.23. The predicted octanol–water partition coefficient (Wildman–Crippen LogP) is 1.51. The van der Waals surface area contributed by atoms with Gasteiger partial charge in [0.05, 0.1) is 6.54 Å². The van der Waals surface area contributed by atoms with Crippen molar-refractivity contribution in [3.05, 3.63) is 0 Å². The molecule has 1 amide bonds. The van der Waals surface area contributed by atoms with Crippen LogP contribution in [0.4, 0.5) is 0 Å². The van der Waals surface area contributed by atoms with Crippen LogP contribution in [0.15, 0.2) is 0 Å². The lowest BCUT2D eigenvalue weighted by atomic mass is 10.2. The van der Waals surface area contributed by atoms with Crippen LogP contribution in [0.2, 0.25) is 0 Å². The lowest BCUT2D eigenvalue weighted by Crippen LogP contribution is -2.41. The number of ether oxygens (including phenoxy) is 2. The quantitative estimate of drug-likeness (QED) is 0.612. The van der Waals surface area contributed by atoms with E-state index in [9.17, 15) is 4.79 Å². The Morgan fingerprint density at radius 2 is 1.84 bits per heavy atom. The Hall–Kier alpha value is -0.650. The largest absolute Gasteiger partial charge is 0.369 e. The molecule has 0 aromatic carbocycles. The van der Waals surface area contributed by atoms with Gasteiger partial charge in [-0.3, -0.25) is 9.69 Å². The molecule has 1 rings (SSSR count). The fourth-order valence-corrected chi connectivity index (χ4v) is 2.72. The van der Waals surface area contributed by atoms with Gasteiger partial charge in [-0.15, -0.1) is 0 Å². The Labute approximate surface area is 116 Å². The van der Waals surface area contributed by atoms with Crippen molar-refractivity contribution in [3.8, 4) is 0 Å². The summed E-state index contributed by atoms with van der Waals surface area (Å²) in [7, 11) is 0. The van der Waals surface area contributed by atoms with Crippen LogP contribution in [-0.2, 0) is 14.3 Å². The van der Waals surface area contributed by atoms with Gasteiger partial charge in [0, 0.05) is 32.2 Å².